The quantitative estimate of drug-likeness (QED) is 0.313. The van der Waals surface area contributed by atoms with Gasteiger partial charge in [0.25, 0.3) is 0 Å². The maximum absolute atomic E-state index is 12.5. The first kappa shape index (κ1) is 22.1. The Morgan fingerprint density at radius 2 is 1.82 bits per heavy atom. The van der Waals surface area contributed by atoms with Gasteiger partial charge in [0.2, 0.25) is 5.91 Å². The van der Waals surface area contributed by atoms with Crippen molar-refractivity contribution in [2.24, 2.45) is 11.7 Å². The van der Waals surface area contributed by atoms with Gasteiger partial charge in [-0.1, -0.05) is 12.1 Å². The summed E-state index contributed by atoms with van der Waals surface area (Å²) in [5.74, 6) is -2.07. The molecule has 0 aliphatic heterocycles. The van der Waals surface area contributed by atoms with Gasteiger partial charge in [0.15, 0.2) is 0 Å². The normalized spacial score (nSPS) is 26.9. The molecule has 1 fully saturated rings. The van der Waals surface area contributed by atoms with E-state index in [9.17, 15) is 30.0 Å². The Hall–Kier alpha value is -2.20. The topological polar surface area (TPSA) is 162 Å². The van der Waals surface area contributed by atoms with Gasteiger partial charge in [-0.25, -0.2) is 4.79 Å². The van der Waals surface area contributed by atoms with Crippen molar-refractivity contribution in [2.75, 3.05) is 6.61 Å². The van der Waals surface area contributed by atoms with Crippen molar-refractivity contribution in [3.05, 3.63) is 29.8 Å². The van der Waals surface area contributed by atoms with Crippen LogP contribution in [-0.2, 0) is 20.7 Å². The number of nitrogens with one attached hydrogen (secondary N) is 1. The molecular weight excluding hydrogens is 368 g/mol. The predicted octanol–water partition coefficient (Wildman–Crippen LogP) is -1.20. The number of phenols is 1. The highest BCUT2D eigenvalue weighted by molar-refractivity contribution is 5.87. The Kier molecular flexibility index (Phi) is 7.76. The molecule has 1 aliphatic rings. The standard InChI is InChI=1S/C19H28N2O7/c1-2-28-19(27)15(12-7-8-14(23)17(25)16(12)24)21-18(26)13(20)9-10-3-5-11(22)6-4-10/h3-6,12-17,22-25H,2,7-9,20H2,1H3,(H,21,26)/t12-,13-,14-,15-,16-,17-/m0/s1. The van der Waals surface area contributed by atoms with Crippen molar-refractivity contribution in [3.8, 4) is 5.75 Å². The fraction of sp³-hybridized carbons (Fsp3) is 0.579. The van der Waals surface area contributed by atoms with E-state index in [-0.39, 0.29) is 31.6 Å². The average Bonchev–Trinajstić information content (AvgIpc) is 2.66. The largest absolute Gasteiger partial charge is 0.508 e. The summed E-state index contributed by atoms with van der Waals surface area (Å²) in [7, 11) is 0. The summed E-state index contributed by atoms with van der Waals surface area (Å²) in [5.41, 5.74) is 6.67. The van der Waals surface area contributed by atoms with E-state index in [2.05, 4.69) is 5.32 Å². The first-order chi connectivity index (χ1) is 13.2. The van der Waals surface area contributed by atoms with Gasteiger partial charge in [-0.05, 0) is 43.9 Å². The maximum atomic E-state index is 12.5. The van der Waals surface area contributed by atoms with Gasteiger partial charge in [0, 0.05) is 5.92 Å². The number of hydrogen-bond acceptors (Lipinski definition) is 8. The SMILES string of the molecule is CCOC(=O)[C@@H](NC(=O)[C@@H](N)Cc1ccc(O)cc1)[C@@H]1CC[C@H](O)[C@H](O)[C@H]1O. The zero-order valence-electron chi connectivity index (χ0n) is 15.7. The number of carbonyl (C=O) groups is 2. The van der Waals surface area contributed by atoms with Crippen LogP contribution in [0.3, 0.4) is 0 Å². The van der Waals surface area contributed by atoms with E-state index >= 15 is 0 Å². The molecule has 1 amide bonds. The molecule has 1 aliphatic carbocycles. The molecule has 0 aromatic heterocycles. The summed E-state index contributed by atoms with van der Waals surface area (Å²) < 4.78 is 5.00. The zero-order chi connectivity index (χ0) is 20.8. The molecule has 9 nitrogen and oxygen atoms in total. The minimum Gasteiger partial charge on any atom is -0.508 e. The highest BCUT2D eigenvalue weighted by atomic mass is 16.5. The van der Waals surface area contributed by atoms with E-state index in [4.69, 9.17) is 10.5 Å². The van der Waals surface area contributed by atoms with Crippen molar-refractivity contribution >= 4 is 11.9 Å². The van der Waals surface area contributed by atoms with Crippen LogP contribution in [-0.4, -0.2) is 69.3 Å². The Bertz CT molecular complexity index is 667. The summed E-state index contributed by atoms with van der Waals surface area (Å²) in [6, 6.07) is 4.05. The van der Waals surface area contributed by atoms with Crippen molar-refractivity contribution in [3.63, 3.8) is 0 Å². The van der Waals surface area contributed by atoms with Crippen LogP contribution in [0.15, 0.2) is 24.3 Å². The summed E-state index contributed by atoms with van der Waals surface area (Å²) in [6.45, 7) is 1.70. The number of rotatable bonds is 7. The number of esters is 1. The molecule has 28 heavy (non-hydrogen) atoms. The third kappa shape index (κ3) is 5.41. The van der Waals surface area contributed by atoms with E-state index in [0.717, 1.165) is 5.56 Å². The van der Waals surface area contributed by atoms with Crippen LogP contribution >= 0.6 is 0 Å². The summed E-state index contributed by atoms with van der Waals surface area (Å²) in [5, 5.41) is 41.7. The number of nitrogens with two attached hydrogens (primary N) is 1. The molecule has 6 atom stereocenters. The van der Waals surface area contributed by atoms with Gasteiger partial charge in [0.05, 0.1) is 24.9 Å². The highest BCUT2D eigenvalue weighted by Gasteiger charge is 2.44. The lowest BCUT2D eigenvalue weighted by Crippen LogP contribution is -2.59. The second kappa shape index (κ2) is 9.83. The minimum atomic E-state index is -1.42. The van der Waals surface area contributed by atoms with E-state index in [1.54, 1.807) is 19.1 Å². The molecule has 0 unspecified atom stereocenters. The molecule has 0 heterocycles. The van der Waals surface area contributed by atoms with Crippen LogP contribution in [0.4, 0.5) is 0 Å². The number of ether oxygens (including phenoxy) is 1. The van der Waals surface area contributed by atoms with Crippen molar-refractivity contribution in [2.45, 2.75) is 56.6 Å². The van der Waals surface area contributed by atoms with E-state index in [1.165, 1.54) is 12.1 Å². The number of aromatic hydroxyl groups is 1. The Morgan fingerprint density at radius 1 is 1.18 bits per heavy atom. The van der Waals surface area contributed by atoms with Crippen LogP contribution < -0.4 is 11.1 Å². The van der Waals surface area contributed by atoms with Crippen molar-refractivity contribution < 1.29 is 34.8 Å². The maximum Gasteiger partial charge on any atom is 0.329 e. The van der Waals surface area contributed by atoms with Crippen molar-refractivity contribution in [1.29, 1.82) is 0 Å². The monoisotopic (exact) mass is 396 g/mol. The third-order valence-corrected chi connectivity index (χ3v) is 4.97. The molecule has 0 spiro atoms. The lowest BCUT2D eigenvalue weighted by molar-refractivity contribution is -0.158. The number of hydrogen-bond donors (Lipinski definition) is 6. The third-order valence-electron chi connectivity index (χ3n) is 4.97. The molecule has 2 rings (SSSR count). The molecule has 0 radical (unpaired) electrons. The summed E-state index contributed by atoms with van der Waals surface area (Å²) in [6.07, 6.45) is -3.34. The Labute approximate surface area is 163 Å². The lowest BCUT2D eigenvalue weighted by atomic mass is 9.78. The number of phenolic OH excluding ortho intramolecular Hbond substituents is 1. The van der Waals surface area contributed by atoms with E-state index < -0.39 is 48.2 Å². The lowest BCUT2D eigenvalue weighted by Gasteiger charge is -2.38. The first-order valence-corrected chi connectivity index (χ1v) is 9.29. The van der Waals surface area contributed by atoms with Gasteiger partial charge in [-0.3, -0.25) is 4.79 Å². The highest BCUT2D eigenvalue weighted by Crippen LogP contribution is 2.28. The fourth-order valence-electron chi connectivity index (χ4n) is 3.36. The number of amides is 1. The molecular formula is C19H28N2O7. The van der Waals surface area contributed by atoms with Crippen LogP contribution in [0.25, 0.3) is 0 Å². The first-order valence-electron chi connectivity index (χ1n) is 9.29. The number of aliphatic hydroxyl groups excluding tert-OH is 3. The van der Waals surface area contributed by atoms with Crippen LogP contribution in [0.1, 0.15) is 25.3 Å². The van der Waals surface area contributed by atoms with Gasteiger partial charge >= 0.3 is 5.97 Å². The molecule has 0 saturated heterocycles. The smallest absolute Gasteiger partial charge is 0.329 e. The summed E-state index contributed by atoms with van der Waals surface area (Å²) >= 11 is 0. The molecule has 1 saturated carbocycles. The molecule has 156 valence electrons. The van der Waals surface area contributed by atoms with Gasteiger partial charge < -0.3 is 36.2 Å². The van der Waals surface area contributed by atoms with Gasteiger partial charge in [-0.15, -0.1) is 0 Å². The summed E-state index contributed by atoms with van der Waals surface area (Å²) in [4.78, 5) is 24.9. The van der Waals surface area contributed by atoms with Gasteiger partial charge in [0.1, 0.15) is 17.9 Å². The molecule has 7 N–H and O–H groups in total. The number of aliphatic hydroxyl groups is 3. The Morgan fingerprint density at radius 3 is 2.43 bits per heavy atom. The fourth-order valence-corrected chi connectivity index (χ4v) is 3.36. The van der Waals surface area contributed by atoms with Gasteiger partial charge in [-0.2, -0.15) is 0 Å². The van der Waals surface area contributed by atoms with Crippen LogP contribution in [0.2, 0.25) is 0 Å². The predicted molar refractivity (Wildman–Crippen MR) is 99.1 cm³/mol. The van der Waals surface area contributed by atoms with Crippen LogP contribution in [0.5, 0.6) is 5.75 Å². The second-order valence-electron chi connectivity index (χ2n) is 7.01. The minimum absolute atomic E-state index is 0.0821. The molecule has 1 aromatic rings. The van der Waals surface area contributed by atoms with Crippen molar-refractivity contribution in [1.82, 2.24) is 5.32 Å². The second-order valence-corrected chi connectivity index (χ2v) is 7.01. The average molecular weight is 396 g/mol. The number of benzene rings is 1. The Balaban J connectivity index is 2.09. The van der Waals surface area contributed by atoms with Crippen LogP contribution in [0, 0.1) is 5.92 Å². The zero-order valence-corrected chi connectivity index (χ0v) is 15.7. The number of carbonyl (C=O) groups excluding carboxylic acids is 2. The molecule has 0 bridgehead atoms. The molecule has 1 aromatic carbocycles. The van der Waals surface area contributed by atoms with E-state index in [1.807, 2.05) is 0 Å². The van der Waals surface area contributed by atoms with E-state index in [0.29, 0.717) is 0 Å². The molecule has 9 heteroatoms.